The molecule has 7 nitrogen and oxygen atoms in total. The summed E-state index contributed by atoms with van der Waals surface area (Å²) in [6.45, 7) is 9.51. The van der Waals surface area contributed by atoms with E-state index in [1.54, 1.807) is 6.33 Å². The third-order valence-corrected chi connectivity index (χ3v) is 6.83. The largest absolute Gasteiger partial charge is 0.468 e. The number of nitrogens with zero attached hydrogens (tertiary/aromatic N) is 4. The number of benzene rings is 2. The van der Waals surface area contributed by atoms with Gasteiger partial charge in [-0.05, 0) is 54.2 Å². The Morgan fingerprint density at radius 2 is 2.12 bits per heavy atom. The van der Waals surface area contributed by atoms with Crippen molar-refractivity contribution in [1.29, 1.82) is 0 Å². The van der Waals surface area contributed by atoms with E-state index in [9.17, 15) is 4.79 Å². The molecule has 0 unspecified atom stereocenters. The smallest absolute Gasteiger partial charge is 0.240 e. The van der Waals surface area contributed by atoms with Gasteiger partial charge in [0, 0.05) is 25.8 Å². The SMILES string of the molecule is [C-]#[N+]c1ccc2cc1Oc1ccc3c(c1)[C@@H](CC3)N1CC[C@H](NCc3cncn3C2)C1=O. The molecule has 3 aliphatic rings. The van der Waals surface area contributed by atoms with Gasteiger partial charge in [0.1, 0.15) is 11.5 Å². The molecule has 1 fully saturated rings. The molecule has 160 valence electrons. The van der Waals surface area contributed by atoms with Crippen molar-refractivity contribution in [3.63, 3.8) is 0 Å². The third kappa shape index (κ3) is 3.15. The lowest BCUT2D eigenvalue weighted by molar-refractivity contribution is -0.131. The molecule has 32 heavy (non-hydrogen) atoms. The molecule has 0 radical (unpaired) electrons. The highest BCUT2D eigenvalue weighted by Crippen LogP contribution is 2.41. The number of hydrogen-bond acceptors (Lipinski definition) is 4. The van der Waals surface area contributed by atoms with Crippen molar-refractivity contribution in [2.75, 3.05) is 6.54 Å². The number of imidazole rings is 1. The number of hydrogen-bond donors (Lipinski definition) is 1. The Balaban J connectivity index is 1.45. The van der Waals surface area contributed by atoms with Gasteiger partial charge in [-0.1, -0.05) is 18.2 Å². The first-order valence-corrected chi connectivity index (χ1v) is 11.0. The number of rotatable bonds is 0. The van der Waals surface area contributed by atoms with Gasteiger partial charge in [-0.25, -0.2) is 9.83 Å². The van der Waals surface area contributed by atoms with Crippen LogP contribution in [-0.4, -0.2) is 32.9 Å². The molecule has 1 aromatic heterocycles. The zero-order valence-corrected chi connectivity index (χ0v) is 17.6. The number of amides is 1. The summed E-state index contributed by atoms with van der Waals surface area (Å²) in [6, 6.07) is 11.8. The van der Waals surface area contributed by atoms with E-state index in [1.165, 1.54) is 11.1 Å². The van der Waals surface area contributed by atoms with Crippen LogP contribution < -0.4 is 10.1 Å². The van der Waals surface area contributed by atoms with Gasteiger partial charge in [-0.3, -0.25) is 4.79 Å². The minimum atomic E-state index is -0.167. The zero-order valence-electron chi connectivity index (χ0n) is 17.6. The van der Waals surface area contributed by atoms with Gasteiger partial charge >= 0.3 is 0 Å². The molecule has 1 aliphatic carbocycles. The fourth-order valence-corrected chi connectivity index (χ4v) is 5.17. The second-order valence-corrected chi connectivity index (χ2v) is 8.70. The van der Waals surface area contributed by atoms with Crippen molar-refractivity contribution in [2.45, 2.75) is 44.4 Å². The molecule has 3 aromatic rings. The van der Waals surface area contributed by atoms with E-state index in [1.807, 2.05) is 35.4 Å². The predicted octanol–water partition coefficient (Wildman–Crippen LogP) is 3.97. The van der Waals surface area contributed by atoms with E-state index >= 15 is 0 Å². The van der Waals surface area contributed by atoms with Crippen molar-refractivity contribution in [1.82, 2.24) is 19.8 Å². The normalized spacial score (nSPS) is 21.7. The summed E-state index contributed by atoms with van der Waals surface area (Å²) in [5.41, 5.74) is 4.98. The van der Waals surface area contributed by atoms with Gasteiger partial charge in [0.15, 0.2) is 0 Å². The minimum Gasteiger partial charge on any atom is -0.468 e. The number of nitrogens with one attached hydrogen (secondary N) is 1. The van der Waals surface area contributed by atoms with Gasteiger partial charge in [0.05, 0.1) is 30.7 Å². The van der Waals surface area contributed by atoms with Gasteiger partial charge in [-0.15, -0.1) is 0 Å². The first-order chi connectivity index (χ1) is 15.7. The summed E-state index contributed by atoms with van der Waals surface area (Å²) in [5, 5.41) is 3.46. The highest BCUT2D eigenvalue weighted by Gasteiger charge is 2.39. The topological polar surface area (TPSA) is 63.8 Å². The number of aromatic nitrogens is 2. The molecule has 7 heteroatoms. The van der Waals surface area contributed by atoms with Crippen LogP contribution in [0.3, 0.4) is 0 Å². The molecule has 3 heterocycles. The molecule has 2 atom stereocenters. The summed E-state index contributed by atoms with van der Waals surface area (Å²) in [7, 11) is 0. The highest BCUT2D eigenvalue weighted by atomic mass is 16.5. The lowest BCUT2D eigenvalue weighted by Gasteiger charge is -2.26. The van der Waals surface area contributed by atoms with Crippen molar-refractivity contribution >= 4 is 11.6 Å². The van der Waals surface area contributed by atoms with Crippen LogP contribution in [0.2, 0.25) is 0 Å². The lowest BCUT2D eigenvalue weighted by Crippen LogP contribution is -2.39. The number of aryl methyl sites for hydroxylation is 1. The minimum absolute atomic E-state index is 0.0814. The molecule has 0 saturated carbocycles. The monoisotopic (exact) mass is 425 g/mol. The average molecular weight is 425 g/mol. The van der Waals surface area contributed by atoms with Crippen LogP contribution in [0, 0.1) is 6.57 Å². The quantitative estimate of drug-likeness (QED) is 0.554. The molecule has 0 spiro atoms. The standard InChI is InChI=1S/C25H23N5O2/c1-26-21-6-2-16-10-24(21)32-19-5-3-17-4-7-23(20(17)11-19)30-9-8-22(25(30)31)28-13-18-12-27-15-29(18)14-16/h2-3,5-6,10-12,15,22-23,28H,4,7-9,13-14H2/t22-,23+/m0/s1. The molecule has 1 amide bonds. The Hall–Kier alpha value is -3.63. The first kappa shape index (κ1) is 19.1. The maximum Gasteiger partial charge on any atom is 0.240 e. The molecule has 6 bridgehead atoms. The third-order valence-electron chi connectivity index (χ3n) is 6.83. The van der Waals surface area contributed by atoms with Crippen LogP contribution in [0.15, 0.2) is 48.9 Å². The van der Waals surface area contributed by atoms with Gasteiger partial charge < -0.3 is 19.5 Å². The van der Waals surface area contributed by atoms with E-state index in [4.69, 9.17) is 11.3 Å². The molecule has 2 aliphatic heterocycles. The Kier molecular flexibility index (Phi) is 4.47. The van der Waals surface area contributed by atoms with Crippen LogP contribution in [0.4, 0.5) is 5.69 Å². The molecule has 1 N–H and O–H groups in total. The first-order valence-electron chi connectivity index (χ1n) is 11.0. The zero-order chi connectivity index (χ0) is 21.7. The maximum atomic E-state index is 13.2. The van der Waals surface area contributed by atoms with Gasteiger partial charge in [-0.2, -0.15) is 0 Å². The van der Waals surface area contributed by atoms with Crippen LogP contribution in [-0.2, 0) is 24.3 Å². The fraction of sp³-hybridized carbons (Fsp3) is 0.320. The van der Waals surface area contributed by atoms with Crippen LogP contribution in [0.1, 0.15) is 41.3 Å². The maximum absolute atomic E-state index is 13.2. The van der Waals surface area contributed by atoms with Crippen LogP contribution >= 0.6 is 0 Å². The summed E-state index contributed by atoms with van der Waals surface area (Å²) < 4.78 is 8.30. The number of fused-ring (bicyclic) bond motifs is 7. The highest BCUT2D eigenvalue weighted by molar-refractivity contribution is 5.84. The van der Waals surface area contributed by atoms with Crippen LogP contribution in [0.25, 0.3) is 4.85 Å². The van der Waals surface area contributed by atoms with E-state index in [0.717, 1.165) is 37.1 Å². The van der Waals surface area contributed by atoms with Gasteiger partial charge in [0.2, 0.25) is 11.6 Å². The molecule has 2 aromatic carbocycles. The molecule has 6 rings (SSSR count). The second kappa shape index (κ2) is 7.50. The summed E-state index contributed by atoms with van der Waals surface area (Å²) in [4.78, 5) is 23.2. The lowest BCUT2D eigenvalue weighted by atomic mass is 10.1. The summed E-state index contributed by atoms with van der Waals surface area (Å²) >= 11 is 0. The molecular weight excluding hydrogens is 402 g/mol. The number of carbonyl (C=O) groups is 1. The Morgan fingerprint density at radius 3 is 3.03 bits per heavy atom. The fourth-order valence-electron chi connectivity index (χ4n) is 5.17. The van der Waals surface area contributed by atoms with Crippen molar-refractivity contribution < 1.29 is 9.53 Å². The Morgan fingerprint density at radius 1 is 1.19 bits per heavy atom. The number of carbonyl (C=O) groups excluding carboxylic acids is 1. The summed E-state index contributed by atoms with van der Waals surface area (Å²) in [5.74, 6) is 1.43. The van der Waals surface area contributed by atoms with E-state index < -0.39 is 0 Å². The predicted molar refractivity (Wildman–Crippen MR) is 119 cm³/mol. The van der Waals surface area contributed by atoms with Crippen molar-refractivity contribution in [3.05, 3.63) is 82.7 Å². The van der Waals surface area contributed by atoms with E-state index in [0.29, 0.717) is 30.3 Å². The molecular formula is C25H23N5O2. The van der Waals surface area contributed by atoms with E-state index in [-0.39, 0.29) is 18.0 Å². The van der Waals surface area contributed by atoms with Gasteiger partial charge in [0.25, 0.3) is 0 Å². The average Bonchev–Trinajstić information content (AvgIpc) is 3.51. The molecule has 1 saturated heterocycles. The van der Waals surface area contributed by atoms with Crippen molar-refractivity contribution in [2.24, 2.45) is 0 Å². The second-order valence-electron chi connectivity index (χ2n) is 8.70. The van der Waals surface area contributed by atoms with Crippen molar-refractivity contribution in [3.8, 4) is 11.5 Å². The Bertz CT molecular complexity index is 1260. The summed E-state index contributed by atoms with van der Waals surface area (Å²) in [6.07, 6.45) is 6.35. The number of ether oxygens (including phenoxy) is 1. The Labute approximate surface area is 186 Å². The van der Waals surface area contributed by atoms with Crippen LogP contribution in [0.5, 0.6) is 11.5 Å². The van der Waals surface area contributed by atoms with E-state index in [2.05, 4.69) is 31.8 Å².